The van der Waals surface area contributed by atoms with Crippen molar-refractivity contribution in [2.24, 2.45) is 0 Å². The third kappa shape index (κ3) is 4.76. The van der Waals surface area contributed by atoms with E-state index >= 15 is 0 Å². The molecule has 4 aromatic rings. The minimum Gasteiger partial charge on any atom is -0.477 e. The Kier molecular flexibility index (Phi) is 6.72. The number of thiazole rings is 1. The summed E-state index contributed by atoms with van der Waals surface area (Å²) in [5.41, 5.74) is 1.66. The van der Waals surface area contributed by atoms with Crippen LogP contribution in [0, 0.1) is 6.92 Å². The van der Waals surface area contributed by atoms with Gasteiger partial charge in [-0.25, -0.2) is 14.6 Å². The molecule has 0 bridgehead atoms. The molecule has 0 unspecified atom stereocenters. The smallest absolute Gasteiger partial charge is 0.266 e. The van der Waals surface area contributed by atoms with Gasteiger partial charge in [-0.3, -0.25) is 9.59 Å². The van der Waals surface area contributed by atoms with Gasteiger partial charge in [0.2, 0.25) is 5.88 Å². The number of hydrogen-bond acceptors (Lipinski definition) is 8. The van der Waals surface area contributed by atoms with Gasteiger partial charge >= 0.3 is 0 Å². The van der Waals surface area contributed by atoms with Crippen LogP contribution in [0.4, 0.5) is 0 Å². The van der Waals surface area contributed by atoms with E-state index in [0.717, 1.165) is 20.5 Å². The first-order valence-corrected chi connectivity index (χ1v) is 11.7. The van der Waals surface area contributed by atoms with Crippen LogP contribution in [0.25, 0.3) is 20.5 Å². The van der Waals surface area contributed by atoms with Gasteiger partial charge in [0.15, 0.2) is 0 Å². The molecule has 10 heteroatoms. The van der Waals surface area contributed by atoms with Crippen LogP contribution in [0.15, 0.2) is 52.8 Å². The van der Waals surface area contributed by atoms with Gasteiger partial charge in [0, 0.05) is 18.8 Å². The van der Waals surface area contributed by atoms with E-state index in [1.807, 2.05) is 31.4 Å². The summed E-state index contributed by atoms with van der Waals surface area (Å²) in [6.07, 6.45) is 1.57. The van der Waals surface area contributed by atoms with Crippen LogP contribution in [0.3, 0.4) is 0 Å². The maximum atomic E-state index is 12.5. The highest BCUT2D eigenvalue weighted by Crippen LogP contribution is 2.35. The number of carbonyl (C=O) groups is 1. The molecular formula is C22H21N5O3S2. The average molecular weight is 468 g/mol. The molecule has 0 saturated carbocycles. The van der Waals surface area contributed by atoms with Crippen molar-refractivity contribution >= 4 is 28.6 Å². The zero-order valence-electron chi connectivity index (χ0n) is 17.6. The number of rotatable bonds is 8. The lowest BCUT2D eigenvalue weighted by molar-refractivity contribution is 0.0947. The Morgan fingerprint density at radius 3 is 2.88 bits per heavy atom. The van der Waals surface area contributed by atoms with Gasteiger partial charge in [0.1, 0.15) is 16.3 Å². The van der Waals surface area contributed by atoms with E-state index in [0.29, 0.717) is 17.9 Å². The van der Waals surface area contributed by atoms with Crippen molar-refractivity contribution in [3.05, 3.63) is 69.6 Å². The van der Waals surface area contributed by atoms with Crippen molar-refractivity contribution in [3.8, 4) is 26.3 Å². The monoisotopic (exact) mass is 467 g/mol. The Bertz CT molecular complexity index is 1280. The normalized spacial score (nSPS) is 10.8. The van der Waals surface area contributed by atoms with Crippen LogP contribution in [0.1, 0.15) is 23.0 Å². The lowest BCUT2D eigenvalue weighted by Gasteiger charge is -2.10. The number of nitrogens with one attached hydrogen (secondary N) is 1. The second-order valence-electron chi connectivity index (χ2n) is 6.74. The average Bonchev–Trinajstić information content (AvgIpc) is 3.45. The summed E-state index contributed by atoms with van der Waals surface area (Å²) in [6.45, 7) is 4.64. The molecule has 0 aliphatic carbocycles. The second kappa shape index (κ2) is 9.84. The lowest BCUT2D eigenvalue weighted by Crippen LogP contribution is -2.32. The fourth-order valence-corrected chi connectivity index (χ4v) is 4.88. The molecule has 0 saturated heterocycles. The van der Waals surface area contributed by atoms with E-state index < -0.39 is 0 Å². The Hall–Kier alpha value is -3.37. The predicted molar refractivity (Wildman–Crippen MR) is 125 cm³/mol. The van der Waals surface area contributed by atoms with Crippen molar-refractivity contribution in [1.82, 2.24) is 25.1 Å². The second-order valence-corrected chi connectivity index (χ2v) is 8.68. The van der Waals surface area contributed by atoms with Crippen LogP contribution in [-0.4, -0.2) is 38.8 Å². The first-order valence-electron chi connectivity index (χ1n) is 10.0. The highest BCUT2D eigenvalue weighted by Gasteiger charge is 2.15. The summed E-state index contributed by atoms with van der Waals surface area (Å²) in [6, 6.07) is 10.5. The number of ether oxygens (including phenoxy) is 1. The summed E-state index contributed by atoms with van der Waals surface area (Å²) in [5.74, 6) is -0.0309. The number of carbonyl (C=O) groups excluding carboxylic acids is 1. The maximum Gasteiger partial charge on any atom is 0.266 e. The zero-order valence-corrected chi connectivity index (χ0v) is 19.2. The molecule has 0 aromatic carbocycles. The van der Waals surface area contributed by atoms with Gasteiger partial charge < -0.3 is 10.1 Å². The Morgan fingerprint density at radius 2 is 2.09 bits per heavy atom. The molecule has 0 radical (unpaired) electrons. The third-order valence-corrected chi connectivity index (χ3v) is 6.75. The molecule has 164 valence electrons. The maximum absolute atomic E-state index is 12.5. The van der Waals surface area contributed by atoms with Gasteiger partial charge in [-0.2, -0.15) is 5.10 Å². The Balaban J connectivity index is 1.48. The largest absolute Gasteiger partial charge is 0.477 e. The first kappa shape index (κ1) is 21.8. The van der Waals surface area contributed by atoms with Crippen molar-refractivity contribution in [1.29, 1.82) is 0 Å². The van der Waals surface area contributed by atoms with Crippen LogP contribution in [0.2, 0.25) is 0 Å². The van der Waals surface area contributed by atoms with Crippen molar-refractivity contribution < 1.29 is 9.53 Å². The minimum absolute atomic E-state index is 0.234. The van der Waals surface area contributed by atoms with Gasteiger partial charge in [-0.05, 0) is 43.5 Å². The first-order chi connectivity index (χ1) is 15.6. The zero-order chi connectivity index (χ0) is 22.5. The predicted octanol–water partition coefficient (Wildman–Crippen LogP) is 3.63. The molecular weight excluding hydrogens is 446 g/mol. The highest BCUT2D eigenvalue weighted by atomic mass is 32.1. The Labute approximate surface area is 192 Å². The van der Waals surface area contributed by atoms with E-state index in [1.54, 1.807) is 47.1 Å². The topological polar surface area (TPSA) is 99.0 Å². The number of aryl methyl sites for hydroxylation is 1. The number of nitrogens with zero attached hydrogens (tertiary/aromatic N) is 4. The van der Waals surface area contributed by atoms with Crippen molar-refractivity contribution in [2.45, 2.75) is 20.4 Å². The fraction of sp³-hybridized carbons (Fsp3) is 0.227. The Morgan fingerprint density at radius 1 is 1.22 bits per heavy atom. The summed E-state index contributed by atoms with van der Waals surface area (Å²) >= 11 is 3.18. The molecule has 0 fully saturated rings. The highest BCUT2D eigenvalue weighted by molar-refractivity contribution is 7.23. The van der Waals surface area contributed by atoms with E-state index in [2.05, 4.69) is 20.4 Å². The molecule has 1 N–H and O–H groups in total. The summed E-state index contributed by atoms with van der Waals surface area (Å²) in [4.78, 5) is 35.6. The van der Waals surface area contributed by atoms with E-state index in [1.165, 1.54) is 10.7 Å². The molecule has 0 spiro atoms. The third-order valence-electron chi connectivity index (χ3n) is 4.53. The molecule has 0 aliphatic rings. The van der Waals surface area contributed by atoms with Gasteiger partial charge in [0.25, 0.3) is 11.5 Å². The molecule has 0 atom stereocenters. The molecule has 4 aromatic heterocycles. The van der Waals surface area contributed by atoms with Crippen LogP contribution < -0.4 is 15.6 Å². The number of hydrogen-bond donors (Lipinski definition) is 1. The standard InChI is InChI=1S/C22H21N5O3S2/c1-3-30-21-15(6-4-10-24-21)20(29)23-11-12-27-18(28)9-8-16(26-27)19-14(2)25-22(32-19)17-7-5-13-31-17/h4-10,13H,3,11-12H2,1-2H3,(H,23,29). The molecule has 1 amide bonds. The van der Waals surface area contributed by atoms with Crippen LogP contribution in [-0.2, 0) is 6.54 Å². The lowest BCUT2D eigenvalue weighted by atomic mass is 10.2. The van der Waals surface area contributed by atoms with Gasteiger partial charge in [-0.15, -0.1) is 22.7 Å². The van der Waals surface area contributed by atoms with Gasteiger partial charge in [-0.1, -0.05) is 6.07 Å². The molecule has 4 heterocycles. The quantitative estimate of drug-likeness (QED) is 0.425. The van der Waals surface area contributed by atoms with E-state index in [-0.39, 0.29) is 30.4 Å². The van der Waals surface area contributed by atoms with Crippen LogP contribution >= 0.6 is 22.7 Å². The minimum atomic E-state index is -0.315. The molecule has 8 nitrogen and oxygen atoms in total. The summed E-state index contributed by atoms with van der Waals surface area (Å²) in [5, 5.41) is 10.3. The number of thiophene rings is 1. The summed E-state index contributed by atoms with van der Waals surface area (Å²) < 4.78 is 6.76. The molecule has 0 aliphatic heterocycles. The SMILES string of the molecule is CCOc1ncccc1C(=O)NCCn1nc(-c2sc(-c3cccs3)nc2C)ccc1=O. The van der Waals surface area contributed by atoms with Gasteiger partial charge in [0.05, 0.1) is 28.6 Å². The number of aromatic nitrogens is 4. The molecule has 4 rings (SSSR count). The van der Waals surface area contributed by atoms with Crippen molar-refractivity contribution in [2.75, 3.05) is 13.2 Å². The van der Waals surface area contributed by atoms with Crippen LogP contribution in [0.5, 0.6) is 5.88 Å². The van der Waals surface area contributed by atoms with E-state index in [9.17, 15) is 9.59 Å². The number of pyridine rings is 1. The number of amides is 1. The van der Waals surface area contributed by atoms with Crippen molar-refractivity contribution in [3.63, 3.8) is 0 Å². The van der Waals surface area contributed by atoms with E-state index in [4.69, 9.17) is 4.74 Å². The summed E-state index contributed by atoms with van der Waals surface area (Å²) in [7, 11) is 0. The molecule has 32 heavy (non-hydrogen) atoms. The fourth-order valence-electron chi connectivity index (χ4n) is 3.06.